The number of rotatable bonds is 5. The third-order valence-electron chi connectivity index (χ3n) is 7.19. The molecule has 7 nitrogen and oxygen atoms in total. The summed E-state index contributed by atoms with van der Waals surface area (Å²) in [6.45, 7) is 0. The van der Waals surface area contributed by atoms with Crippen LogP contribution >= 0.6 is 11.6 Å². The molecule has 3 aliphatic rings. The summed E-state index contributed by atoms with van der Waals surface area (Å²) in [5, 5.41) is 13.2. The lowest BCUT2D eigenvalue weighted by molar-refractivity contribution is -0.123. The fourth-order valence-corrected chi connectivity index (χ4v) is 5.47. The van der Waals surface area contributed by atoms with Crippen LogP contribution in [0, 0.1) is 5.92 Å². The van der Waals surface area contributed by atoms with Gasteiger partial charge in [0.15, 0.2) is 0 Å². The zero-order valence-electron chi connectivity index (χ0n) is 19.0. The third-order valence-corrected chi connectivity index (χ3v) is 7.43. The number of hydrogen-bond acceptors (Lipinski definition) is 5. The van der Waals surface area contributed by atoms with E-state index < -0.39 is 0 Å². The third kappa shape index (κ3) is 4.41. The van der Waals surface area contributed by atoms with Gasteiger partial charge in [0.05, 0.1) is 5.69 Å². The van der Waals surface area contributed by atoms with Gasteiger partial charge < -0.3 is 10.1 Å². The number of carbonyl (C=O) groups is 1. The van der Waals surface area contributed by atoms with Crippen LogP contribution in [-0.4, -0.2) is 37.8 Å². The smallest absolute Gasteiger partial charge is 0.223 e. The Morgan fingerprint density at radius 2 is 1.88 bits per heavy atom. The van der Waals surface area contributed by atoms with E-state index in [4.69, 9.17) is 16.3 Å². The number of ether oxygens (including phenoxy) is 1. The first-order valence-corrected chi connectivity index (χ1v) is 12.6. The van der Waals surface area contributed by atoms with Gasteiger partial charge in [0, 0.05) is 41.6 Å². The molecule has 1 atom stereocenters. The van der Waals surface area contributed by atoms with Crippen LogP contribution in [-0.2, 0) is 17.6 Å². The number of nitrogens with zero attached hydrogens (tertiary/aromatic N) is 4. The molecule has 6 rings (SSSR count). The number of fused-ring (bicyclic) bond motifs is 3. The zero-order chi connectivity index (χ0) is 23.1. The Morgan fingerprint density at radius 1 is 1.03 bits per heavy atom. The van der Waals surface area contributed by atoms with E-state index in [2.05, 4.69) is 31.1 Å². The van der Waals surface area contributed by atoms with E-state index >= 15 is 0 Å². The largest absolute Gasteiger partial charge is 0.474 e. The summed E-state index contributed by atoms with van der Waals surface area (Å²) < 4.78 is 8.31. The molecule has 1 N–H and O–H groups in total. The van der Waals surface area contributed by atoms with Gasteiger partial charge in [0.25, 0.3) is 0 Å². The van der Waals surface area contributed by atoms with Crippen LogP contribution < -0.4 is 10.1 Å². The summed E-state index contributed by atoms with van der Waals surface area (Å²) in [6, 6.07) is 11.8. The highest BCUT2D eigenvalue weighted by molar-refractivity contribution is 6.30. The maximum Gasteiger partial charge on any atom is 0.223 e. The van der Waals surface area contributed by atoms with Crippen molar-refractivity contribution >= 4 is 17.5 Å². The van der Waals surface area contributed by atoms with E-state index in [1.807, 2.05) is 30.3 Å². The molecule has 0 bridgehead atoms. The van der Waals surface area contributed by atoms with Crippen LogP contribution in [0.2, 0.25) is 5.02 Å². The molecule has 0 radical (unpaired) electrons. The van der Waals surface area contributed by atoms with Crippen LogP contribution in [0.3, 0.4) is 0 Å². The number of hydrogen-bond donors (Lipinski definition) is 1. The van der Waals surface area contributed by atoms with Crippen LogP contribution in [0.5, 0.6) is 5.88 Å². The van der Waals surface area contributed by atoms with Crippen molar-refractivity contribution in [1.29, 1.82) is 0 Å². The Labute approximate surface area is 203 Å². The van der Waals surface area contributed by atoms with E-state index in [0.29, 0.717) is 23.2 Å². The van der Waals surface area contributed by atoms with Gasteiger partial charge in [-0.05, 0) is 74.8 Å². The van der Waals surface area contributed by atoms with E-state index in [1.165, 1.54) is 0 Å². The minimum Gasteiger partial charge on any atom is -0.474 e. The van der Waals surface area contributed by atoms with Gasteiger partial charge in [-0.15, -0.1) is 10.2 Å². The van der Waals surface area contributed by atoms with E-state index in [9.17, 15) is 4.79 Å². The zero-order valence-corrected chi connectivity index (χ0v) is 19.7. The number of pyridine rings is 1. The van der Waals surface area contributed by atoms with Gasteiger partial charge in [-0.25, -0.2) is 4.98 Å². The first-order valence-electron chi connectivity index (χ1n) is 12.2. The maximum absolute atomic E-state index is 12.5. The molecule has 8 heteroatoms. The summed E-state index contributed by atoms with van der Waals surface area (Å²) in [5.74, 6) is 3.25. The topological polar surface area (TPSA) is 81.9 Å². The maximum atomic E-state index is 12.5. The lowest BCUT2D eigenvalue weighted by Crippen LogP contribution is -2.38. The average Bonchev–Trinajstić information content (AvgIpc) is 3.64. The predicted octanol–water partition coefficient (Wildman–Crippen LogP) is 4.41. The molecule has 34 heavy (non-hydrogen) atoms. The van der Waals surface area contributed by atoms with Crippen molar-refractivity contribution in [3.05, 3.63) is 64.8 Å². The highest BCUT2D eigenvalue weighted by Crippen LogP contribution is 2.37. The Bertz CT molecular complexity index is 1190. The fourth-order valence-electron chi connectivity index (χ4n) is 5.28. The van der Waals surface area contributed by atoms with Crippen LogP contribution in [0.1, 0.15) is 61.7 Å². The number of nitrogens with one attached hydrogen (secondary N) is 1. The van der Waals surface area contributed by atoms with Gasteiger partial charge >= 0.3 is 0 Å². The number of amides is 1. The predicted molar refractivity (Wildman–Crippen MR) is 128 cm³/mol. The summed E-state index contributed by atoms with van der Waals surface area (Å²) in [4.78, 5) is 16.8. The molecular formula is C26H28ClN5O2. The number of aromatic nitrogens is 4. The summed E-state index contributed by atoms with van der Waals surface area (Å²) in [7, 11) is 0. The summed E-state index contributed by atoms with van der Waals surface area (Å²) >= 11 is 6.37. The Kier molecular flexibility index (Phi) is 5.73. The molecule has 0 spiro atoms. The van der Waals surface area contributed by atoms with Gasteiger partial charge in [0.2, 0.25) is 11.8 Å². The molecule has 2 fully saturated rings. The second-order valence-electron chi connectivity index (χ2n) is 9.73. The first-order chi connectivity index (χ1) is 16.6. The molecule has 0 unspecified atom stereocenters. The Hall–Kier alpha value is -2.93. The number of halogens is 1. The molecule has 1 aromatic carbocycles. The van der Waals surface area contributed by atoms with Crippen molar-refractivity contribution in [2.75, 3.05) is 0 Å². The standard InChI is InChI=1S/C26H28ClN5O2/c27-19-8-11-22-18(13-19)14-20(29-26(33)17-4-5-17)15-23-30-31-25(32(22)23)16-6-9-21(10-7-16)34-24-3-1-2-12-28-24/h1-3,8,11-13,16-17,20-21H,4-7,9-10,14-15H2,(H,29,33)/t16-,20-,21-/m1/s1. The van der Waals surface area contributed by atoms with Crippen LogP contribution in [0.25, 0.3) is 5.69 Å². The molecule has 1 amide bonds. The van der Waals surface area contributed by atoms with Gasteiger partial charge in [-0.2, -0.15) is 0 Å². The van der Waals surface area contributed by atoms with E-state index in [1.54, 1.807) is 6.20 Å². The first kappa shape index (κ1) is 21.6. The number of benzene rings is 1. The van der Waals surface area contributed by atoms with Gasteiger partial charge in [0.1, 0.15) is 17.8 Å². The van der Waals surface area contributed by atoms with Crippen molar-refractivity contribution in [2.45, 2.75) is 69.4 Å². The van der Waals surface area contributed by atoms with Crippen molar-refractivity contribution in [3.8, 4) is 11.6 Å². The molecule has 1 aliphatic heterocycles. The van der Waals surface area contributed by atoms with Gasteiger partial charge in [-0.3, -0.25) is 9.36 Å². The Balaban J connectivity index is 1.24. The van der Waals surface area contributed by atoms with Crippen molar-refractivity contribution in [2.24, 2.45) is 5.92 Å². The van der Waals surface area contributed by atoms with Crippen molar-refractivity contribution < 1.29 is 9.53 Å². The lowest BCUT2D eigenvalue weighted by Gasteiger charge is -2.28. The molecule has 3 aromatic rings. The SMILES string of the molecule is O=C(N[C@@H]1Cc2cc(Cl)ccc2-n2c(nnc2[C@H]2CC[C@H](Oc3ccccn3)CC2)C1)C1CC1. The number of carbonyl (C=O) groups excluding carboxylic acids is 1. The average molecular weight is 478 g/mol. The highest BCUT2D eigenvalue weighted by atomic mass is 35.5. The molecular weight excluding hydrogens is 450 g/mol. The van der Waals surface area contributed by atoms with E-state index in [0.717, 1.165) is 67.8 Å². The molecule has 2 aliphatic carbocycles. The Morgan fingerprint density at radius 3 is 2.65 bits per heavy atom. The highest BCUT2D eigenvalue weighted by Gasteiger charge is 2.34. The lowest BCUT2D eigenvalue weighted by atomic mass is 9.86. The quantitative estimate of drug-likeness (QED) is 0.588. The summed E-state index contributed by atoms with van der Waals surface area (Å²) in [6.07, 6.45) is 9.20. The van der Waals surface area contributed by atoms with Crippen LogP contribution in [0.4, 0.5) is 0 Å². The second kappa shape index (κ2) is 9.02. The molecule has 3 heterocycles. The van der Waals surface area contributed by atoms with Crippen LogP contribution in [0.15, 0.2) is 42.6 Å². The monoisotopic (exact) mass is 477 g/mol. The van der Waals surface area contributed by atoms with Gasteiger partial charge in [-0.1, -0.05) is 17.7 Å². The fraction of sp³-hybridized carbons (Fsp3) is 0.462. The minimum absolute atomic E-state index is 0.00822. The van der Waals surface area contributed by atoms with Crippen molar-refractivity contribution in [1.82, 2.24) is 25.1 Å². The minimum atomic E-state index is -0.00822. The summed E-state index contributed by atoms with van der Waals surface area (Å²) in [5.41, 5.74) is 2.20. The molecule has 0 saturated heterocycles. The normalized spacial score (nSPS) is 24.0. The van der Waals surface area contributed by atoms with E-state index in [-0.39, 0.29) is 24.0 Å². The molecule has 176 valence electrons. The second-order valence-corrected chi connectivity index (χ2v) is 10.2. The molecule has 2 saturated carbocycles. The molecule has 2 aromatic heterocycles. The van der Waals surface area contributed by atoms with Crippen molar-refractivity contribution in [3.63, 3.8) is 0 Å².